The maximum atomic E-state index is 13.8. The molecule has 0 saturated heterocycles. The molecule has 0 heterocycles. The maximum absolute atomic E-state index is 13.8. The second-order valence-electron chi connectivity index (χ2n) is 5.25. The highest BCUT2D eigenvalue weighted by Gasteiger charge is 2.18. The topological polar surface area (TPSA) is 64.3 Å². The van der Waals surface area contributed by atoms with Gasteiger partial charge in [0.25, 0.3) is 5.91 Å². The molecule has 5 heteroatoms. The summed E-state index contributed by atoms with van der Waals surface area (Å²) in [6.45, 7) is 7.39. The van der Waals surface area contributed by atoms with E-state index in [1.165, 1.54) is 6.07 Å². The lowest BCUT2D eigenvalue weighted by Gasteiger charge is -2.19. The van der Waals surface area contributed by atoms with E-state index in [9.17, 15) is 9.18 Å². The molecule has 4 nitrogen and oxygen atoms in total. The Morgan fingerprint density at radius 1 is 1.33 bits per heavy atom. The summed E-state index contributed by atoms with van der Waals surface area (Å²) in [5.41, 5.74) is 6.08. The summed E-state index contributed by atoms with van der Waals surface area (Å²) in [5, 5.41) is 2.90. The largest absolute Gasteiger partial charge is 0.481 e. The zero-order valence-corrected chi connectivity index (χ0v) is 13.2. The van der Waals surface area contributed by atoms with Gasteiger partial charge < -0.3 is 15.8 Å². The molecule has 1 unspecified atom stereocenters. The van der Waals surface area contributed by atoms with Gasteiger partial charge >= 0.3 is 0 Å². The van der Waals surface area contributed by atoms with E-state index in [1.54, 1.807) is 26.0 Å². The van der Waals surface area contributed by atoms with Gasteiger partial charge in [0, 0.05) is 23.7 Å². The second-order valence-corrected chi connectivity index (χ2v) is 5.25. The lowest BCUT2D eigenvalue weighted by molar-refractivity contribution is -0.128. The Hall–Kier alpha value is -1.62. The summed E-state index contributed by atoms with van der Waals surface area (Å²) >= 11 is 0. The Bertz CT molecular complexity index is 473. The van der Waals surface area contributed by atoms with Crippen molar-refractivity contribution in [3.63, 3.8) is 0 Å². The summed E-state index contributed by atoms with van der Waals surface area (Å²) in [5.74, 6) is -0.292. The van der Waals surface area contributed by atoms with E-state index in [1.807, 2.05) is 13.8 Å². The van der Waals surface area contributed by atoms with Gasteiger partial charge in [-0.25, -0.2) is 4.39 Å². The minimum atomic E-state index is -0.675. The van der Waals surface area contributed by atoms with Gasteiger partial charge in [0.15, 0.2) is 6.10 Å². The number of hydrogen-bond donors (Lipinski definition) is 2. The fraction of sp³-hybridized carbons (Fsp3) is 0.562. The number of ether oxygens (including phenoxy) is 1. The van der Waals surface area contributed by atoms with Crippen LogP contribution in [0.4, 0.5) is 4.39 Å². The minimum absolute atomic E-state index is 0.140. The van der Waals surface area contributed by atoms with Gasteiger partial charge in [-0.05, 0) is 32.8 Å². The van der Waals surface area contributed by atoms with Crippen molar-refractivity contribution in [3.8, 4) is 5.75 Å². The van der Waals surface area contributed by atoms with Crippen LogP contribution < -0.4 is 15.8 Å². The lowest BCUT2D eigenvalue weighted by Crippen LogP contribution is -2.42. The van der Waals surface area contributed by atoms with Crippen molar-refractivity contribution >= 4 is 5.91 Å². The molecule has 1 rings (SSSR count). The number of carbonyl (C=O) groups excluding carboxylic acids is 1. The predicted molar refractivity (Wildman–Crippen MR) is 81.6 cm³/mol. The second kappa shape index (κ2) is 7.98. The molecule has 1 amide bonds. The molecule has 0 radical (unpaired) electrons. The highest BCUT2D eigenvalue weighted by Crippen LogP contribution is 2.21. The van der Waals surface area contributed by atoms with Gasteiger partial charge in [-0.1, -0.05) is 19.9 Å². The molecule has 3 N–H and O–H groups in total. The Morgan fingerprint density at radius 3 is 2.43 bits per heavy atom. The monoisotopic (exact) mass is 296 g/mol. The smallest absolute Gasteiger partial charge is 0.260 e. The highest BCUT2D eigenvalue weighted by molar-refractivity contribution is 5.81. The molecule has 2 atom stereocenters. The minimum Gasteiger partial charge on any atom is -0.481 e. The van der Waals surface area contributed by atoms with E-state index in [2.05, 4.69) is 5.32 Å². The van der Waals surface area contributed by atoms with Gasteiger partial charge in [0.1, 0.15) is 11.6 Å². The van der Waals surface area contributed by atoms with Crippen LogP contribution >= 0.6 is 0 Å². The molecule has 0 saturated carbocycles. The number of amides is 1. The summed E-state index contributed by atoms with van der Waals surface area (Å²) in [4.78, 5) is 12.0. The Morgan fingerprint density at radius 2 is 1.95 bits per heavy atom. The molecule has 21 heavy (non-hydrogen) atoms. The molecule has 0 spiro atoms. The van der Waals surface area contributed by atoms with Crippen LogP contribution in [0.3, 0.4) is 0 Å². The van der Waals surface area contributed by atoms with E-state index >= 15 is 0 Å². The van der Waals surface area contributed by atoms with Crippen LogP contribution in [-0.2, 0) is 4.79 Å². The average Bonchev–Trinajstić information content (AvgIpc) is 2.44. The molecule has 1 aromatic carbocycles. The van der Waals surface area contributed by atoms with E-state index in [0.29, 0.717) is 11.3 Å². The van der Waals surface area contributed by atoms with Crippen LogP contribution in [0.5, 0.6) is 5.75 Å². The molecule has 0 aliphatic heterocycles. The van der Waals surface area contributed by atoms with Gasteiger partial charge in [0.2, 0.25) is 0 Å². The summed E-state index contributed by atoms with van der Waals surface area (Å²) < 4.78 is 19.3. The summed E-state index contributed by atoms with van der Waals surface area (Å²) in [6, 6.07) is 4.23. The van der Waals surface area contributed by atoms with Gasteiger partial charge in [-0.15, -0.1) is 0 Å². The molecule has 0 aliphatic carbocycles. The van der Waals surface area contributed by atoms with Gasteiger partial charge in [-0.2, -0.15) is 0 Å². The van der Waals surface area contributed by atoms with Crippen molar-refractivity contribution in [1.82, 2.24) is 5.32 Å². The first kappa shape index (κ1) is 17.4. The van der Waals surface area contributed by atoms with Crippen molar-refractivity contribution in [1.29, 1.82) is 0 Å². The fourth-order valence-electron chi connectivity index (χ4n) is 2.02. The molecule has 1 aromatic rings. The Balaban J connectivity index is 2.68. The van der Waals surface area contributed by atoms with Crippen molar-refractivity contribution in [2.75, 3.05) is 0 Å². The highest BCUT2D eigenvalue weighted by atomic mass is 19.1. The summed E-state index contributed by atoms with van der Waals surface area (Å²) in [6.07, 6.45) is 1.06. The SMILES string of the molecule is CCC(CC)NC(=O)C(C)Oc1ccc([C@@H](C)N)c(F)c1. The molecular formula is C16H25FN2O2. The van der Waals surface area contributed by atoms with Crippen LogP contribution in [0.2, 0.25) is 0 Å². The number of hydrogen-bond acceptors (Lipinski definition) is 3. The Kier molecular flexibility index (Phi) is 6.62. The van der Waals surface area contributed by atoms with E-state index < -0.39 is 11.9 Å². The van der Waals surface area contributed by atoms with Crippen LogP contribution in [0.1, 0.15) is 52.1 Å². The zero-order chi connectivity index (χ0) is 16.0. The number of halogens is 1. The van der Waals surface area contributed by atoms with Gasteiger partial charge in [0.05, 0.1) is 0 Å². The summed E-state index contributed by atoms with van der Waals surface area (Å²) in [7, 11) is 0. The van der Waals surface area contributed by atoms with Crippen LogP contribution in [-0.4, -0.2) is 18.1 Å². The van der Waals surface area contributed by atoms with Crippen molar-refractivity contribution in [3.05, 3.63) is 29.6 Å². The third-order valence-corrected chi connectivity index (χ3v) is 3.48. The number of rotatable bonds is 7. The molecule has 0 bridgehead atoms. The average molecular weight is 296 g/mol. The van der Waals surface area contributed by atoms with Gasteiger partial charge in [-0.3, -0.25) is 4.79 Å². The maximum Gasteiger partial charge on any atom is 0.260 e. The third kappa shape index (κ3) is 5.01. The van der Waals surface area contributed by atoms with Crippen LogP contribution in [0.25, 0.3) is 0 Å². The number of carbonyl (C=O) groups is 1. The van der Waals surface area contributed by atoms with E-state index in [-0.39, 0.29) is 18.0 Å². The molecule has 0 aliphatic rings. The third-order valence-electron chi connectivity index (χ3n) is 3.48. The van der Waals surface area contributed by atoms with Crippen molar-refractivity contribution < 1.29 is 13.9 Å². The standard InChI is InChI=1S/C16H25FN2O2/c1-5-12(6-2)19-16(20)11(4)21-13-7-8-14(10(3)18)15(17)9-13/h7-12H,5-6,18H2,1-4H3,(H,19,20)/t10-,11?/m1/s1. The number of nitrogens with one attached hydrogen (secondary N) is 1. The molecule has 0 aromatic heterocycles. The van der Waals surface area contributed by atoms with Crippen LogP contribution in [0, 0.1) is 5.82 Å². The first-order valence-electron chi connectivity index (χ1n) is 7.41. The molecule has 118 valence electrons. The van der Waals surface area contributed by atoms with E-state index in [4.69, 9.17) is 10.5 Å². The fourth-order valence-corrected chi connectivity index (χ4v) is 2.02. The number of benzene rings is 1. The molecule has 0 fully saturated rings. The first-order valence-corrected chi connectivity index (χ1v) is 7.41. The quantitative estimate of drug-likeness (QED) is 0.813. The van der Waals surface area contributed by atoms with Crippen molar-refractivity contribution in [2.24, 2.45) is 5.73 Å². The molecular weight excluding hydrogens is 271 g/mol. The van der Waals surface area contributed by atoms with E-state index in [0.717, 1.165) is 12.8 Å². The van der Waals surface area contributed by atoms with Crippen molar-refractivity contribution in [2.45, 2.75) is 58.7 Å². The number of nitrogens with two attached hydrogens (primary N) is 1. The Labute approximate surface area is 125 Å². The lowest BCUT2D eigenvalue weighted by atomic mass is 10.1. The predicted octanol–water partition coefficient (Wildman–Crippen LogP) is 2.92. The first-order chi connectivity index (χ1) is 9.88. The normalized spacial score (nSPS) is 13.9. The van der Waals surface area contributed by atoms with Crippen LogP contribution in [0.15, 0.2) is 18.2 Å². The zero-order valence-electron chi connectivity index (χ0n) is 13.2.